The SMILES string of the molecule is C=Cc1cccc(CCCN(Cc2nc(C(=O)NS(=O)(=O)N(C)C)c(C)s2)C(=O)C2(c3ccc(OC)cn3)CC2)c1. The number of hydrogen-bond donors (Lipinski definition) is 1. The van der Waals surface area contributed by atoms with Gasteiger partial charge in [-0.2, -0.15) is 12.7 Å². The molecule has 1 saturated carbocycles. The van der Waals surface area contributed by atoms with Crippen molar-refractivity contribution in [1.82, 2.24) is 23.9 Å². The van der Waals surface area contributed by atoms with Gasteiger partial charge in [-0.15, -0.1) is 11.3 Å². The van der Waals surface area contributed by atoms with Gasteiger partial charge in [0, 0.05) is 25.5 Å². The largest absolute Gasteiger partial charge is 0.495 e. The number of aryl methyl sites for hydroxylation is 2. The zero-order chi connectivity index (χ0) is 29.8. The van der Waals surface area contributed by atoms with E-state index >= 15 is 0 Å². The Hall–Kier alpha value is -3.61. The third-order valence-electron chi connectivity index (χ3n) is 7.07. The van der Waals surface area contributed by atoms with E-state index in [4.69, 9.17) is 4.74 Å². The number of nitrogens with one attached hydrogen (secondary N) is 1. The molecular weight excluding hydrogens is 562 g/mol. The first-order chi connectivity index (χ1) is 19.5. The minimum absolute atomic E-state index is 0.0296. The van der Waals surface area contributed by atoms with Crippen molar-refractivity contribution in [3.8, 4) is 5.75 Å². The van der Waals surface area contributed by atoms with E-state index < -0.39 is 21.5 Å². The fourth-order valence-corrected chi connectivity index (χ4v) is 6.00. The number of nitrogens with zero attached hydrogens (tertiary/aromatic N) is 4. The average Bonchev–Trinajstić information content (AvgIpc) is 3.68. The Morgan fingerprint density at radius 2 is 1.98 bits per heavy atom. The van der Waals surface area contributed by atoms with Gasteiger partial charge in [0.1, 0.15) is 16.5 Å². The van der Waals surface area contributed by atoms with Crippen LogP contribution in [0.1, 0.15) is 56.5 Å². The molecule has 0 bridgehead atoms. The number of rotatable bonds is 13. The van der Waals surface area contributed by atoms with Crippen LogP contribution in [-0.2, 0) is 33.4 Å². The van der Waals surface area contributed by atoms with E-state index in [0.717, 1.165) is 28.3 Å². The van der Waals surface area contributed by atoms with Crippen LogP contribution in [0.4, 0.5) is 0 Å². The molecule has 0 saturated heterocycles. The summed E-state index contributed by atoms with van der Waals surface area (Å²) < 4.78 is 32.5. The van der Waals surface area contributed by atoms with Crippen LogP contribution in [0.5, 0.6) is 5.75 Å². The standard InChI is InChI=1S/C29H35N5O5S2/c1-6-21-9-7-10-22(17-21)11-8-16-34(28(36)29(14-15-29)24-13-12-23(39-5)18-30-24)19-25-31-26(20(2)40-25)27(35)32-41(37,38)33(3)4/h6-7,9-10,12-13,17-18H,1,8,11,14-16,19H2,2-5H3,(H,32,35). The lowest BCUT2D eigenvalue weighted by molar-refractivity contribution is -0.134. The second-order valence-electron chi connectivity index (χ2n) is 10.2. The molecule has 10 nitrogen and oxygen atoms in total. The zero-order valence-electron chi connectivity index (χ0n) is 23.7. The molecule has 1 aliphatic carbocycles. The summed E-state index contributed by atoms with van der Waals surface area (Å²) >= 11 is 1.27. The topological polar surface area (TPSA) is 122 Å². The fourth-order valence-electron chi connectivity index (χ4n) is 4.54. The van der Waals surface area contributed by atoms with Crippen LogP contribution in [0.3, 0.4) is 0 Å². The molecule has 1 fully saturated rings. The highest BCUT2D eigenvalue weighted by Crippen LogP contribution is 2.49. The van der Waals surface area contributed by atoms with Crippen LogP contribution in [0.15, 0.2) is 49.2 Å². The average molecular weight is 598 g/mol. The summed E-state index contributed by atoms with van der Waals surface area (Å²) in [6.07, 6.45) is 6.30. The van der Waals surface area contributed by atoms with Crippen molar-refractivity contribution in [3.63, 3.8) is 0 Å². The zero-order valence-corrected chi connectivity index (χ0v) is 25.3. The van der Waals surface area contributed by atoms with E-state index in [1.54, 1.807) is 31.2 Å². The van der Waals surface area contributed by atoms with Crippen molar-refractivity contribution >= 4 is 39.4 Å². The molecule has 2 aromatic heterocycles. The molecule has 2 amide bonds. The molecule has 41 heavy (non-hydrogen) atoms. The summed E-state index contributed by atoms with van der Waals surface area (Å²) in [5.41, 5.74) is 2.22. The number of hydrogen-bond acceptors (Lipinski definition) is 8. The number of carbonyl (C=O) groups is 2. The molecule has 0 spiro atoms. The number of carbonyl (C=O) groups excluding carboxylic acids is 2. The van der Waals surface area contributed by atoms with Crippen LogP contribution < -0.4 is 9.46 Å². The van der Waals surface area contributed by atoms with Crippen molar-refractivity contribution in [2.75, 3.05) is 27.7 Å². The number of thiazole rings is 1. The monoisotopic (exact) mass is 597 g/mol. The van der Waals surface area contributed by atoms with Gasteiger partial charge < -0.3 is 9.64 Å². The maximum atomic E-state index is 14.1. The highest BCUT2D eigenvalue weighted by atomic mass is 32.2. The van der Waals surface area contributed by atoms with E-state index in [1.807, 2.05) is 29.0 Å². The van der Waals surface area contributed by atoms with Gasteiger partial charge in [0.05, 0.1) is 31.0 Å². The van der Waals surface area contributed by atoms with Gasteiger partial charge in [-0.3, -0.25) is 14.6 Å². The molecule has 0 atom stereocenters. The van der Waals surface area contributed by atoms with Crippen LogP contribution in [-0.4, -0.2) is 67.2 Å². The lowest BCUT2D eigenvalue weighted by Gasteiger charge is -2.27. The first-order valence-electron chi connectivity index (χ1n) is 13.2. The van der Waals surface area contributed by atoms with Gasteiger partial charge in [0.2, 0.25) is 5.91 Å². The summed E-state index contributed by atoms with van der Waals surface area (Å²) in [7, 11) is 0.265. The summed E-state index contributed by atoms with van der Waals surface area (Å²) in [5.74, 6) is -0.222. The Morgan fingerprint density at radius 1 is 1.22 bits per heavy atom. The summed E-state index contributed by atoms with van der Waals surface area (Å²) in [4.78, 5) is 38.1. The van der Waals surface area contributed by atoms with Gasteiger partial charge in [-0.05, 0) is 55.9 Å². The van der Waals surface area contributed by atoms with Crippen molar-refractivity contribution < 1.29 is 22.7 Å². The van der Waals surface area contributed by atoms with Crippen molar-refractivity contribution in [2.24, 2.45) is 0 Å². The van der Waals surface area contributed by atoms with Crippen LogP contribution in [0.2, 0.25) is 0 Å². The van der Waals surface area contributed by atoms with Crippen molar-refractivity contribution in [2.45, 2.75) is 44.6 Å². The Kier molecular flexibility index (Phi) is 9.25. The predicted octanol–water partition coefficient (Wildman–Crippen LogP) is 3.73. The van der Waals surface area contributed by atoms with E-state index in [2.05, 4.69) is 28.7 Å². The number of benzene rings is 1. The molecule has 0 radical (unpaired) electrons. The van der Waals surface area contributed by atoms with Crippen LogP contribution in [0, 0.1) is 6.92 Å². The Bertz CT molecular complexity index is 1530. The minimum atomic E-state index is -3.97. The number of ether oxygens (including phenoxy) is 1. The van der Waals surface area contributed by atoms with Crippen molar-refractivity contribution in [1.29, 1.82) is 0 Å². The molecule has 2 heterocycles. The van der Waals surface area contributed by atoms with E-state index in [1.165, 1.54) is 25.4 Å². The highest BCUT2D eigenvalue weighted by Gasteiger charge is 2.54. The van der Waals surface area contributed by atoms with Crippen LogP contribution >= 0.6 is 11.3 Å². The Morgan fingerprint density at radius 3 is 2.59 bits per heavy atom. The van der Waals surface area contributed by atoms with Gasteiger partial charge >= 0.3 is 10.2 Å². The molecule has 1 N–H and O–H groups in total. The summed E-state index contributed by atoms with van der Waals surface area (Å²) in [6, 6.07) is 11.8. The van der Waals surface area contributed by atoms with Crippen LogP contribution in [0.25, 0.3) is 6.08 Å². The summed E-state index contributed by atoms with van der Waals surface area (Å²) in [5, 5.41) is 0.551. The molecule has 4 rings (SSSR count). The second kappa shape index (κ2) is 12.5. The molecule has 0 aliphatic heterocycles. The van der Waals surface area contributed by atoms with Gasteiger partial charge in [0.25, 0.3) is 5.91 Å². The number of amides is 2. The highest BCUT2D eigenvalue weighted by molar-refractivity contribution is 7.87. The van der Waals surface area contributed by atoms with Gasteiger partial charge in [0.15, 0.2) is 0 Å². The van der Waals surface area contributed by atoms with E-state index in [9.17, 15) is 18.0 Å². The van der Waals surface area contributed by atoms with E-state index in [-0.39, 0.29) is 18.1 Å². The molecule has 12 heteroatoms. The molecule has 3 aromatic rings. The normalized spacial score (nSPS) is 14.0. The lowest BCUT2D eigenvalue weighted by Crippen LogP contribution is -2.40. The maximum absolute atomic E-state index is 14.1. The fraction of sp³-hybridized carbons (Fsp3) is 0.379. The van der Waals surface area contributed by atoms with E-state index in [0.29, 0.717) is 40.7 Å². The molecule has 1 aromatic carbocycles. The Balaban J connectivity index is 1.56. The first-order valence-corrected chi connectivity index (χ1v) is 15.5. The molecular formula is C29H35N5O5S2. The van der Waals surface area contributed by atoms with Crippen molar-refractivity contribution in [3.05, 3.63) is 81.6 Å². The number of methoxy groups -OCH3 is 1. The Labute approximate surface area is 245 Å². The minimum Gasteiger partial charge on any atom is -0.495 e. The molecule has 218 valence electrons. The maximum Gasteiger partial charge on any atom is 0.303 e. The molecule has 1 aliphatic rings. The number of aromatic nitrogens is 2. The predicted molar refractivity (Wildman–Crippen MR) is 159 cm³/mol. The molecule has 0 unspecified atom stereocenters. The third-order valence-corrected chi connectivity index (χ3v) is 9.43. The van der Waals surface area contributed by atoms with Gasteiger partial charge in [-0.1, -0.05) is 36.9 Å². The third kappa shape index (κ3) is 7.00. The first kappa shape index (κ1) is 30.4. The summed E-state index contributed by atoms with van der Waals surface area (Å²) in [6.45, 7) is 6.22. The lowest BCUT2D eigenvalue weighted by atomic mass is 9.99. The smallest absolute Gasteiger partial charge is 0.303 e. The van der Waals surface area contributed by atoms with Gasteiger partial charge in [-0.25, -0.2) is 9.71 Å². The quantitative estimate of drug-likeness (QED) is 0.319. The number of pyridine rings is 1. The second-order valence-corrected chi connectivity index (χ2v) is 13.3.